The van der Waals surface area contributed by atoms with Crippen LogP contribution < -0.4 is 4.74 Å². The molecular formula is C20H19NO4. The summed E-state index contributed by atoms with van der Waals surface area (Å²) in [6.07, 6.45) is 0.0868. The van der Waals surface area contributed by atoms with Crippen LogP contribution in [0.15, 0.2) is 65.2 Å². The minimum atomic E-state index is -0.416. The maximum Gasteiger partial charge on any atom is 0.338 e. The fourth-order valence-electron chi connectivity index (χ4n) is 2.28. The summed E-state index contributed by atoms with van der Waals surface area (Å²) in [6, 6.07) is 18.3. The summed E-state index contributed by atoms with van der Waals surface area (Å²) in [4.78, 5) is 12.1. The maximum atomic E-state index is 12.1. The predicted molar refractivity (Wildman–Crippen MR) is 93.3 cm³/mol. The van der Waals surface area contributed by atoms with E-state index in [2.05, 4.69) is 5.16 Å². The number of hydrogen-bond acceptors (Lipinski definition) is 5. The zero-order valence-corrected chi connectivity index (χ0v) is 14.1. The second kappa shape index (κ2) is 7.66. The highest BCUT2D eigenvalue weighted by Gasteiger charge is 2.11. The molecule has 0 unspecified atom stereocenters. The van der Waals surface area contributed by atoms with Crippen LogP contribution in [0.3, 0.4) is 0 Å². The van der Waals surface area contributed by atoms with Gasteiger partial charge in [0.15, 0.2) is 5.76 Å². The number of rotatable bonds is 6. The van der Waals surface area contributed by atoms with Gasteiger partial charge in [0.25, 0.3) is 0 Å². The first kappa shape index (κ1) is 16.8. The third-order valence-electron chi connectivity index (χ3n) is 3.43. The van der Waals surface area contributed by atoms with Crippen molar-refractivity contribution in [1.29, 1.82) is 0 Å². The van der Waals surface area contributed by atoms with E-state index in [4.69, 9.17) is 14.0 Å². The highest BCUT2D eigenvalue weighted by atomic mass is 16.5. The lowest BCUT2D eigenvalue weighted by Crippen LogP contribution is -2.07. The number of hydrogen-bond donors (Lipinski definition) is 0. The zero-order chi connectivity index (χ0) is 17.6. The molecule has 128 valence electrons. The van der Waals surface area contributed by atoms with Gasteiger partial charge in [-0.25, -0.2) is 4.79 Å². The molecule has 2 aromatic carbocycles. The molecule has 0 fully saturated rings. The average molecular weight is 337 g/mol. The third-order valence-corrected chi connectivity index (χ3v) is 3.43. The van der Waals surface area contributed by atoms with Gasteiger partial charge in [0.2, 0.25) is 0 Å². The van der Waals surface area contributed by atoms with Crippen molar-refractivity contribution in [2.24, 2.45) is 0 Å². The van der Waals surface area contributed by atoms with E-state index in [1.807, 2.05) is 44.2 Å². The summed E-state index contributed by atoms with van der Waals surface area (Å²) >= 11 is 0. The number of aromatic nitrogens is 1. The highest BCUT2D eigenvalue weighted by molar-refractivity contribution is 5.89. The summed E-state index contributed by atoms with van der Waals surface area (Å²) < 4.78 is 16.1. The van der Waals surface area contributed by atoms with Gasteiger partial charge < -0.3 is 14.0 Å². The van der Waals surface area contributed by atoms with Gasteiger partial charge in [-0.1, -0.05) is 35.5 Å². The Morgan fingerprint density at radius 2 is 1.80 bits per heavy atom. The molecule has 0 aliphatic carbocycles. The monoisotopic (exact) mass is 337 g/mol. The van der Waals surface area contributed by atoms with Gasteiger partial charge >= 0.3 is 5.97 Å². The molecule has 5 heteroatoms. The Labute approximate surface area is 146 Å². The molecular weight excluding hydrogens is 318 g/mol. The second-order valence-corrected chi connectivity index (χ2v) is 5.82. The molecule has 25 heavy (non-hydrogen) atoms. The lowest BCUT2D eigenvalue weighted by Gasteiger charge is -2.09. The van der Waals surface area contributed by atoms with Gasteiger partial charge in [0, 0.05) is 11.6 Å². The number of esters is 1. The molecule has 0 N–H and O–H groups in total. The molecule has 3 rings (SSSR count). The van der Waals surface area contributed by atoms with Gasteiger partial charge in [0.1, 0.15) is 18.1 Å². The molecule has 0 bridgehead atoms. The molecule has 0 aliphatic rings. The summed E-state index contributed by atoms with van der Waals surface area (Å²) in [5.74, 6) is 0.942. The highest BCUT2D eigenvalue weighted by Crippen LogP contribution is 2.20. The van der Waals surface area contributed by atoms with Gasteiger partial charge in [-0.3, -0.25) is 0 Å². The van der Waals surface area contributed by atoms with Crippen LogP contribution in [0.4, 0.5) is 0 Å². The molecule has 0 aliphatic heterocycles. The van der Waals surface area contributed by atoms with E-state index in [1.54, 1.807) is 30.3 Å². The Bertz CT molecular complexity index is 822. The Kier molecular flexibility index (Phi) is 5.14. The van der Waals surface area contributed by atoms with Crippen LogP contribution in [-0.4, -0.2) is 17.2 Å². The Balaban J connectivity index is 1.58. The van der Waals surface area contributed by atoms with E-state index in [-0.39, 0.29) is 12.7 Å². The van der Waals surface area contributed by atoms with Gasteiger partial charge in [-0.2, -0.15) is 0 Å². The van der Waals surface area contributed by atoms with Crippen LogP contribution in [0.25, 0.3) is 11.3 Å². The van der Waals surface area contributed by atoms with Crippen molar-refractivity contribution in [2.45, 2.75) is 26.6 Å². The zero-order valence-electron chi connectivity index (χ0n) is 14.1. The summed E-state index contributed by atoms with van der Waals surface area (Å²) in [7, 11) is 0. The van der Waals surface area contributed by atoms with E-state index in [9.17, 15) is 4.79 Å². The standard InChI is InChI=1S/C20H19NO4/c1-14(2)24-18-10-8-16(9-11-18)20(22)23-13-17-12-19(25-21-17)15-6-4-3-5-7-15/h3-12,14H,13H2,1-2H3. The largest absolute Gasteiger partial charge is 0.491 e. The van der Waals surface area contributed by atoms with Gasteiger partial charge in [-0.05, 0) is 38.1 Å². The molecule has 1 heterocycles. The van der Waals surface area contributed by atoms with Crippen LogP contribution in [0, 0.1) is 0 Å². The number of nitrogens with zero attached hydrogens (tertiary/aromatic N) is 1. The molecule has 0 spiro atoms. The maximum absolute atomic E-state index is 12.1. The lowest BCUT2D eigenvalue weighted by molar-refractivity contribution is 0.0464. The van der Waals surface area contributed by atoms with Crippen molar-refractivity contribution in [2.75, 3.05) is 0 Å². The Morgan fingerprint density at radius 3 is 2.48 bits per heavy atom. The van der Waals surface area contributed by atoms with E-state index in [0.717, 1.165) is 11.3 Å². The lowest BCUT2D eigenvalue weighted by atomic mass is 10.2. The van der Waals surface area contributed by atoms with Crippen molar-refractivity contribution in [3.63, 3.8) is 0 Å². The van der Waals surface area contributed by atoms with Crippen molar-refractivity contribution < 1.29 is 18.8 Å². The normalized spacial score (nSPS) is 10.7. The number of carbonyl (C=O) groups is 1. The fourth-order valence-corrected chi connectivity index (χ4v) is 2.28. The van der Waals surface area contributed by atoms with Crippen molar-refractivity contribution in [3.8, 4) is 17.1 Å². The van der Waals surface area contributed by atoms with E-state index in [1.165, 1.54) is 0 Å². The summed E-state index contributed by atoms with van der Waals surface area (Å²) in [5.41, 5.74) is 1.95. The van der Waals surface area contributed by atoms with Crippen LogP contribution in [0.5, 0.6) is 5.75 Å². The van der Waals surface area contributed by atoms with E-state index >= 15 is 0 Å². The third kappa shape index (κ3) is 4.47. The fraction of sp³-hybridized carbons (Fsp3) is 0.200. The SMILES string of the molecule is CC(C)Oc1ccc(C(=O)OCc2cc(-c3ccccc3)on2)cc1. The summed E-state index contributed by atoms with van der Waals surface area (Å²) in [6.45, 7) is 3.95. The van der Waals surface area contributed by atoms with E-state index in [0.29, 0.717) is 17.0 Å². The first-order valence-corrected chi connectivity index (χ1v) is 8.06. The molecule has 0 saturated carbocycles. The van der Waals surface area contributed by atoms with Crippen LogP contribution >= 0.6 is 0 Å². The van der Waals surface area contributed by atoms with Crippen LogP contribution in [0.1, 0.15) is 29.9 Å². The van der Waals surface area contributed by atoms with E-state index < -0.39 is 5.97 Å². The van der Waals surface area contributed by atoms with Gasteiger partial charge in [-0.15, -0.1) is 0 Å². The molecule has 0 radical (unpaired) electrons. The number of carbonyl (C=O) groups excluding carboxylic acids is 1. The quantitative estimate of drug-likeness (QED) is 0.620. The van der Waals surface area contributed by atoms with Crippen LogP contribution in [-0.2, 0) is 11.3 Å². The average Bonchev–Trinajstić information content (AvgIpc) is 3.10. The van der Waals surface area contributed by atoms with Crippen molar-refractivity contribution in [3.05, 3.63) is 71.9 Å². The molecule has 0 saturated heterocycles. The second-order valence-electron chi connectivity index (χ2n) is 5.82. The molecule has 1 aromatic heterocycles. The smallest absolute Gasteiger partial charge is 0.338 e. The van der Waals surface area contributed by atoms with Crippen molar-refractivity contribution in [1.82, 2.24) is 5.16 Å². The minimum absolute atomic E-state index is 0.0550. The Morgan fingerprint density at radius 1 is 1.08 bits per heavy atom. The summed E-state index contributed by atoms with van der Waals surface area (Å²) in [5, 5.41) is 3.93. The van der Waals surface area contributed by atoms with Crippen molar-refractivity contribution >= 4 is 5.97 Å². The Hall–Kier alpha value is -3.08. The predicted octanol–water partition coefficient (Wildman–Crippen LogP) is 4.49. The molecule has 3 aromatic rings. The minimum Gasteiger partial charge on any atom is -0.491 e. The molecule has 0 atom stereocenters. The molecule has 0 amide bonds. The van der Waals surface area contributed by atoms with Gasteiger partial charge in [0.05, 0.1) is 11.7 Å². The number of benzene rings is 2. The number of ether oxygens (including phenoxy) is 2. The topological polar surface area (TPSA) is 61.6 Å². The molecule has 5 nitrogen and oxygen atoms in total. The first-order valence-electron chi connectivity index (χ1n) is 8.06. The first-order chi connectivity index (χ1) is 12.1. The van der Waals surface area contributed by atoms with Crippen LogP contribution in [0.2, 0.25) is 0 Å².